The molecule has 2 N–H and O–H groups in total. The van der Waals surface area contributed by atoms with Gasteiger partial charge in [-0.2, -0.15) is 0 Å². The second kappa shape index (κ2) is 6.76. The number of aryl methyl sites for hydroxylation is 2. The number of hydrogen-bond acceptors (Lipinski definition) is 3. The molecule has 1 amide bonds. The molecule has 0 saturated heterocycles. The predicted octanol–water partition coefficient (Wildman–Crippen LogP) is 3.50. The Balaban J connectivity index is 1.75. The van der Waals surface area contributed by atoms with E-state index in [0.717, 1.165) is 24.8 Å². The lowest BCUT2D eigenvalue weighted by Crippen LogP contribution is -2.40. The SMILES string of the molecule is CC(C)(C)NC(=O)c1ccc(NS(=O)(=O)c2ccc3c(c2)CCC3)cc1. The van der Waals surface area contributed by atoms with Crippen LogP contribution in [0.1, 0.15) is 48.7 Å². The lowest BCUT2D eigenvalue weighted by atomic mass is 10.1. The normalized spacial score (nSPS) is 14.0. The minimum absolute atomic E-state index is 0.189. The van der Waals surface area contributed by atoms with Crippen LogP contribution >= 0.6 is 0 Å². The zero-order valence-corrected chi connectivity index (χ0v) is 16.1. The molecule has 0 atom stereocenters. The fourth-order valence-corrected chi connectivity index (χ4v) is 4.14. The number of carbonyl (C=O) groups is 1. The number of anilines is 1. The van der Waals surface area contributed by atoms with Gasteiger partial charge < -0.3 is 5.32 Å². The minimum atomic E-state index is -3.65. The van der Waals surface area contributed by atoms with Gasteiger partial charge in [0.15, 0.2) is 0 Å². The number of rotatable bonds is 4. The molecule has 0 spiro atoms. The van der Waals surface area contributed by atoms with Crippen LogP contribution in [0.3, 0.4) is 0 Å². The largest absolute Gasteiger partial charge is 0.347 e. The summed E-state index contributed by atoms with van der Waals surface area (Å²) < 4.78 is 27.8. The van der Waals surface area contributed by atoms with Gasteiger partial charge in [-0.15, -0.1) is 0 Å². The first-order chi connectivity index (χ1) is 12.1. The van der Waals surface area contributed by atoms with E-state index in [1.54, 1.807) is 36.4 Å². The van der Waals surface area contributed by atoms with Crippen LogP contribution in [0.2, 0.25) is 0 Å². The lowest BCUT2D eigenvalue weighted by Gasteiger charge is -2.20. The summed E-state index contributed by atoms with van der Waals surface area (Å²) in [6.45, 7) is 5.72. The molecule has 0 aliphatic heterocycles. The Bertz CT molecular complexity index is 927. The van der Waals surface area contributed by atoms with Crippen LogP contribution in [-0.4, -0.2) is 19.9 Å². The summed E-state index contributed by atoms with van der Waals surface area (Å²) in [5.74, 6) is -0.189. The zero-order chi connectivity index (χ0) is 18.9. The molecule has 26 heavy (non-hydrogen) atoms. The molecule has 0 saturated carbocycles. The molecular weight excluding hydrogens is 348 g/mol. The highest BCUT2D eigenvalue weighted by molar-refractivity contribution is 7.92. The first-order valence-corrected chi connectivity index (χ1v) is 10.2. The zero-order valence-electron chi connectivity index (χ0n) is 15.3. The average Bonchev–Trinajstić information content (AvgIpc) is 3.01. The van der Waals surface area contributed by atoms with Crippen LogP contribution in [0.4, 0.5) is 5.69 Å². The van der Waals surface area contributed by atoms with Gasteiger partial charge in [0.05, 0.1) is 4.90 Å². The van der Waals surface area contributed by atoms with Crippen molar-refractivity contribution in [1.82, 2.24) is 5.32 Å². The third kappa shape index (κ3) is 4.25. The Hall–Kier alpha value is -2.34. The highest BCUT2D eigenvalue weighted by Gasteiger charge is 2.19. The maximum absolute atomic E-state index is 12.6. The van der Waals surface area contributed by atoms with E-state index >= 15 is 0 Å². The Labute approximate surface area is 154 Å². The van der Waals surface area contributed by atoms with Crippen LogP contribution in [0, 0.1) is 0 Å². The fraction of sp³-hybridized carbons (Fsp3) is 0.350. The predicted molar refractivity (Wildman–Crippen MR) is 103 cm³/mol. The molecule has 0 heterocycles. The van der Waals surface area contributed by atoms with Crippen molar-refractivity contribution in [1.29, 1.82) is 0 Å². The van der Waals surface area contributed by atoms with Crippen LogP contribution in [-0.2, 0) is 22.9 Å². The third-order valence-corrected chi connectivity index (χ3v) is 5.65. The minimum Gasteiger partial charge on any atom is -0.347 e. The van der Waals surface area contributed by atoms with E-state index in [1.807, 2.05) is 26.8 Å². The van der Waals surface area contributed by atoms with Gasteiger partial charge >= 0.3 is 0 Å². The van der Waals surface area contributed by atoms with E-state index in [2.05, 4.69) is 10.0 Å². The van der Waals surface area contributed by atoms with Crippen LogP contribution in [0.15, 0.2) is 47.4 Å². The summed E-state index contributed by atoms with van der Waals surface area (Å²) in [7, 11) is -3.65. The number of nitrogens with one attached hydrogen (secondary N) is 2. The van der Waals surface area contributed by atoms with Crippen molar-refractivity contribution in [3.8, 4) is 0 Å². The van der Waals surface area contributed by atoms with E-state index in [9.17, 15) is 13.2 Å². The summed E-state index contributed by atoms with van der Waals surface area (Å²) >= 11 is 0. The van der Waals surface area contributed by atoms with E-state index in [-0.39, 0.29) is 16.3 Å². The van der Waals surface area contributed by atoms with Crippen LogP contribution < -0.4 is 10.0 Å². The molecule has 138 valence electrons. The Morgan fingerprint density at radius 2 is 1.62 bits per heavy atom. The summed E-state index contributed by atoms with van der Waals surface area (Å²) in [5, 5.41) is 2.88. The summed E-state index contributed by atoms with van der Waals surface area (Å²) in [6.07, 6.45) is 3.02. The number of sulfonamides is 1. The van der Waals surface area contributed by atoms with Crippen molar-refractivity contribution in [3.63, 3.8) is 0 Å². The van der Waals surface area contributed by atoms with Gasteiger partial charge in [0, 0.05) is 16.8 Å². The molecule has 0 aromatic heterocycles. The Morgan fingerprint density at radius 3 is 2.27 bits per heavy atom. The van der Waals surface area contributed by atoms with E-state index < -0.39 is 10.0 Å². The molecule has 5 nitrogen and oxygen atoms in total. The van der Waals surface area contributed by atoms with Crippen LogP contribution in [0.5, 0.6) is 0 Å². The quantitative estimate of drug-likeness (QED) is 0.862. The third-order valence-electron chi connectivity index (χ3n) is 4.27. The first-order valence-electron chi connectivity index (χ1n) is 8.71. The van der Waals surface area contributed by atoms with Gasteiger partial charge in [-0.1, -0.05) is 6.07 Å². The highest BCUT2D eigenvalue weighted by Crippen LogP contribution is 2.26. The van der Waals surface area contributed by atoms with Crippen molar-refractivity contribution < 1.29 is 13.2 Å². The van der Waals surface area contributed by atoms with E-state index in [4.69, 9.17) is 0 Å². The summed E-state index contributed by atoms with van der Waals surface area (Å²) in [5.41, 5.74) is 2.93. The van der Waals surface area contributed by atoms with Gasteiger partial charge in [-0.25, -0.2) is 8.42 Å². The van der Waals surface area contributed by atoms with E-state index in [0.29, 0.717) is 11.3 Å². The molecule has 3 rings (SSSR count). The molecule has 0 fully saturated rings. The first kappa shape index (κ1) is 18.5. The van der Waals surface area contributed by atoms with Gasteiger partial charge in [0.2, 0.25) is 0 Å². The van der Waals surface area contributed by atoms with Gasteiger partial charge in [0.1, 0.15) is 0 Å². The molecular formula is C20H24N2O3S. The van der Waals surface area contributed by atoms with E-state index in [1.165, 1.54) is 5.56 Å². The average molecular weight is 372 g/mol. The monoisotopic (exact) mass is 372 g/mol. The smallest absolute Gasteiger partial charge is 0.261 e. The highest BCUT2D eigenvalue weighted by atomic mass is 32.2. The molecule has 1 aliphatic carbocycles. The molecule has 2 aromatic rings. The van der Waals surface area contributed by atoms with Crippen LogP contribution in [0.25, 0.3) is 0 Å². The molecule has 0 radical (unpaired) electrons. The standard InChI is InChI=1S/C20H24N2O3S/c1-20(2,3)21-19(23)15-7-10-17(11-8-15)22-26(24,25)18-12-9-14-5-4-6-16(14)13-18/h7-13,22H,4-6H2,1-3H3,(H,21,23). The molecule has 1 aliphatic rings. The van der Waals surface area contributed by atoms with Crippen molar-refractivity contribution in [3.05, 3.63) is 59.2 Å². The molecule has 2 aromatic carbocycles. The molecule has 6 heteroatoms. The number of fused-ring (bicyclic) bond motifs is 1. The summed E-state index contributed by atoms with van der Waals surface area (Å²) in [6, 6.07) is 11.7. The second-order valence-corrected chi connectivity index (χ2v) is 9.35. The second-order valence-electron chi connectivity index (χ2n) is 7.67. The topological polar surface area (TPSA) is 75.3 Å². The molecule has 0 unspecified atom stereocenters. The number of hydrogen-bond donors (Lipinski definition) is 2. The van der Waals surface area contributed by atoms with Crippen molar-refractivity contribution in [2.75, 3.05) is 4.72 Å². The van der Waals surface area contributed by atoms with Gasteiger partial charge in [-0.05, 0) is 87.6 Å². The molecule has 0 bridgehead atoms. The van der Waals surface area contributed by atoms with Crippen molar-refractivity contribution >= 4 is 21.6 Å². The lowest BCUT2D eigenvalue weighted by molar-refractivity contribution is 0.0919. The van der Waals surface area contributed by atoms with Gasteiger partial charge in [0.25, 0.3) is 15.9 Å². The number of benzene rings is 2. The maximum atomic E-state index is 12.6. The van der Waals surface area contributed by atoms with Crippen molar-refractivity contribution in [2.24, 2.45) is 0 Å². The van der Waals surface area contributed by atoms with Gasteiger partial charge in [-0.3, -0.25) is 9.52 Å². The fourth-order valence-electron chi connectivity index (χ4n) is 3.03. The number of amides is 1. The number of carbonyl (C=O) groups excluding carboxylic acids is 1. The Morgan fingerprint density at radius 1 is 0.962 bits per heavy atom. The van der Waals surface area contributed by atoms with Crippen molar-refractivity contribution in [2.45, 2.75) is 50.5 Å². The Kier molecular flexibility index (Phi) is 4.80. The maximum Gasteiger partial charge on any atom is 0.261 e. The summed E-state index contributed by atoms with van der Waals surface area (Å²) in [4.78, 5) is 12.4.